The van der Waals surface area contributed by atoms with Crippen molar-refractivity contribution in [2.75, 3.05) is 12.4 Å². The summed E-state index contributed by atoms with van der Waals surface area (Å²) >= 11 is 0. The maximum atomic E-state index is 12.7. The van der Waals surface area contributed by atoms with Crippen LogP contribution in [-0.2, 0) is 9.59 Å². The summed E-state index contributed by atoms with van der Waals surface area (Å²) in [5.74, 6) is -0.00323. The number of rotatable bonds is 7. The van der Waals surface area contributed by atoms with Crippen LogP contribution in [0.2, 0.25) is 0 Å². The van der Waals surface area contributed by atoms with Crippen LogP contribution in [0.25, 0.3) is 0 Å². The third kappa shape index (κ3) is 4.14. The Kier molecular flexibility index (Phi) is 5.93. The predicted molar refractivity (Wildman–Crippen MR) is 105 cm³/mol. The molecule has 0 aliphatic carbocycles. The first-order valence-electron chi connectivity index (χ1n) is 9.12. The van der Waals surface area contributed by atoms with Crippen molar-refractivity contribution in [2.24, 2.45) is 0 Å². The van der Waals surface area contributed by atoms with Crippen LogP contribution in [0, 0.1) is 0 Å². The van der Waals surface area contributed by atoms with Crippen LogP contribution in [0.5, 0.6) is 5.75 Å². The number of carbonyl (C=O) groups is 3. The fourth-order valence-corrected chi connectivity index (χ4v) is 3.23. The molecule has 2 aromatic rings. The number of methoxy groups -OCH3 is 1. The van der Waals surface area contributed by atoms with Crippen molar-refractivity contribution in [3.05, 3.63) is 60.2 Å². The number of urea groups is 1. The molecule has 2 unspecified atom stereocenters. The predicted octanol–water partition coefficient (Wildman–Crippen LogP) is 3.10. The second-order valence-corrected chi connectivity index (χ2v) is 6.58. The summed E-state index contributed by atoms with van der Waals surface area (Å²) in [6, 6.07) is 14.9. The number of ether oxygens (including phenoxy) is 1. The zero-order valence-corrected chi connectivity index (χ0v) is 15.8. The van der Waals surface area contributed by atoms with E-state index in [1.54, 1.807) is 18.2 Å². The second kappa shape index (κ2) is 8.56. The summed E-state index contributed by atoms with van der Waals surface area (Å²) in [5.41, 5.74) is 1.44. The number of carbonyl (C=O) groups excluding carboxylic acids is 3. The molecule has 146 valence electrons. The number of anilines is 1. The van der Waals surface area contributed by atoms with Crippen molar-refractivity contribution in [1.29, 1.82) is 0 Å². The van der Waals surface area contributed by atoms with Gasteiger partial charge in [-0.15, -0.1) is 0 Å². The number of benzene rings is 2. The van der Waals surface area contributed by atoms with Crippen LogP contribution in [-0.4, -0.2) is 35.9 Å². The molecule has 2 N–H and O–H groups in total. The molecule has 1 saturated heterocycles. The Morgan fingerprint density at radius 3 is 2.54 bits per heavy atom. The van der Waals surface area contributed by atoms with E-state index in [2.05, 4.69) is 10.6 Å². The largest absolute Gasteiger partial charge is 0.495 e. The van der Waals surface area contributed by atoms with Gasteiger partial charge >= 0.3 is 6.03 Å². The number of para-hydroxylation sites is 2. The summed E-state index contributed by atoms with van der Waals surface area (Å²) in [6.45, 7) is 1.81. The van der Waals surface area contributed by atoms with E-state index in [0.29, 0.717) is 11.4 Å². The van der Waals surface area contributed by atoms with Gasteiger partial charge in [0.1, 0.15) is 11.8 Å². The van der Waals surface area contributed by atoms with Crippen molar-refractivity contribution >= 4 is 23.5 Å². The molecule has 0 saturated carbocycles. The van der Waals surface area contributed by atoms with E-state index in [9.17, 15) is 14.4 Å². The van der Waals surface area contributed by atoms with E-state index in [1.165, 1.54) is 12.0 Å². The molecular formula is C21H23N3O4. The molecule has 2 aromatic carbocycles. The van der Waals surface area contributed by atoms with Crippen LogP contribution < -0.4 is 15.4 Å². The van der Waals surface area contributed by atoms with Crippen LogP contribution in [0.4, 0.5) is 10.5 Å². The average molecular weight is 381 g/mol. The fourth-order valence-electron chi connectivity index (χ4n) is 3.23. The Morgan fingerprint density at radius 1 is 1.14 bits per heavy atom. The van der Waals surface area contributed by atoms with E-state index >= 15 is 0 Å². The number of nitrogens with zero attached hydrogens (tertiary/aromatic N) is 1. The molecule has 7 nitrogen and oxygen atoms in total. The molecule has 1 fully saturated rings. The third-order valence-corrected chi connectivity index (χ3v) is 4.76. The van der Waals surface area contributed by atoms with E-state index < -0.39 is 12.1 Å². The van der Waals surface area contributed by atoms with Gasteiger partial charge in [0.05, 0.1) is 18.8 Å². The van der Waals surface area contributed by atoms with Gasteiger partial charge in [0, 0.05) is 6.42 Å². The maximum Gasteiger partial charge on any atom is 0.325 e. The van der Waals surface area contributed by atoms with Gasteiger partial charge in [-0.2, -0.15) is 0 Å². The summed E-state index contributed by atoms with van der Waals surface area (Å²) < 4.78 is 5.21. The van der Waals surface area contributed by atoms with Crippen molar-refractivity contribution < 1.29 is 19.1 Å². The molecule has 3 rings (SSSR count). The van der Waals surface area contributed by atoms with Crippen molar-refractivity contribution in [3.63, 3.8) is 0 Å². The highest BCUT2D eigenvalue weighted by molar-refractivity contribution is 6.05. The Bertz CT molecular complexity index is 869. The first-order valence-corrected chi connectivity index (χ1v) is 9.12. The molecule has 28 heavy (non-hydrogen) atoms. The molecule has 7 heteroatoms. The quantitative estimate of drug-likeness (QED) is 0.722. The third-order valence-electron chi connectivity index (χ3n) is 4.76. The van der Waals surface area contributed by atoms with Gasteiger partial charge in [-0.25, -0.2) is 4.79 Å². The Hall–Kier alpha value is -3.35. The van der Waals surface area contributed by atoms with Gasteiger partial charge in [-0.05, 0) is 31.0 Å². The first-order chi connectivity index (χ1) is 13.5. The van der Waals surface area contributed by atoms with E-state index in [-0.39, 0.29) is 30.7 Å². The Labute approximate surface area is 163 Å². The highest BCUT2D eigenvalue weighted by Gasteiger charge is 2.40. The molecule has 0 spiro atoms. The van der Waals surface area contributed by atoms with Gasteiger partial charge in [0.15, 0.2) is 0 Å². The highest BCUT2D eigenvalue weighted by Crippen LogP contribution is 2.26. The minimum absolute atomic E-state index is 0.0995. The van der Waals surface area contributed by atoms with Crippen molar-refractivity contribution in [1.82, 2.24) is 10.2 Å². The number of imide groups is 1. The lowest BCUT2D eigenvalue weighted by Crippen LogP contribution is -2.34. The number of hydrogen-bond donors (Lipinski definition) is 2. The van der Waals surface area contributed by atoms with E-state index in [0.717, 1.165) is 5.56 Å². The van der Waals surface area contributed by atoms with Gasteiger partial charge in [-0.3, -0.25) is 14.5 Å². The zero-order chi connectivity index (χ0) is 20.1. The SMILES string of the molecule is COc1ccccc1NC(=O)CCC1NC(=O)N(C(C)c2ccccc2)C1=O. The second-order valence-electron chi connectivity index (χ2n) is 6.58. The lowest BCUT2D eigenvalue weighted by molar-refractivity contribution is -0.129. The minimum Gasteiger partial charge on any atom is -0.495 e. The Balaban J connectivity index is 1.59. The van der Waals surface area contributed by atoms with Gasteiger partial charge in [0.25, 0.3) is 5.91 Å². The lowest BCUT2D eigenvalue weighted by atomic mass is 10.1. The molecular weight excluding hydrogens is 358 g/mol. The summed E-state index contributed by atoms with van der Waals surface area (Å²) in [7, 11) is 1.53. The molecule has 1 aliphatic rings. The van der Waals surface area contributed by atoms with Gasteiger partial charge in [0.2, 0.25) is 5.91 Å². The smallest absolute Gasteiger partial charge is 0.325 e. The van der Waals surface area contributed by atoms with Crippen LogP contribution in [0.3, 0.4) is 0 Å². The lowest BCUT2D eigenvalue weighted by Gasteiger charge is -2.21. The van der Waals surface area contributed by atoms with Crippen LogP contribution >= 0.6 is 0 Å². The molecule has 0 radical (unpaired) electrons. The van der Waals surface area contributed by atoms with Gasteiger partial charge in [-0.1, -0.05) is 42.5 Å². The van der Waals surface area contributed by atoms with Crippen LogP contribution in [0.1, 0.15) is 31.4 Å². The van der Waals surface area contributed by atoms with Crippen molar-refractivity contribution in [3.8, 4) is 5.75 Å². The van der Waals surface area contributed by atoms with Crippen LogP contribution in [0.15, 0.2) is 54.6 Å². The number of nitrogens with one attached hydrogen (secondary N) is 2. The van der Waals surface area contributed by atoms with E-state index in [4.69, 9.17) is 4.74 Å². The zero-order valence-electron chi connectivity index (χ0n) is 15.8. The highest BCUT2D eigenvalue weighted by atomic mass is 16.5. The van der Waals surface area contributed by atoms with Gasteiger partial charge < -0.3 is 15.4 Å². The fraction of sp³-hybridized carbons (Fsp3) is 0.286. The maximum absolute atomic E-state index is 12.7. The molecule has 2 atom stereocenters. The molecule has 0 bridgehead atoms. The number of amides is 4. The standard InChI is InChI=1S/C21H23N3O4/c1-14(15-8-4-3-5-9-15)24-20(26)17(23-21(24)27)12-13-19(25)22-16-10-6-7-11-18(16)28-2/h3-11,14,17H,12-13H2,1-2H3,(H,22,25)(H,23,27). The first kappa shape index (κ1) is 19.4. The van der Waals surface area contributed by atoms with E-state index in [1.807, 2.05) is 43.3 Å². The van der Waals surface area contributed by atoms with Crippen molar-refractivity contribution in [2.45, 2.75) is 31.8 Å². The average Bonchev–Trinajstić information content (AvgIpc) is 3.00. The molecule has 4 amide bonds. The molecule has 1 heterocycles. The Morgan fingerprint density at radius 2 is 1.82 bits per heavy atom. The normalized spacial score (nSPS) is 17.2. The monoisotopic (exact) mass is 381 g/mol. The molecule has 0 aromatic heterocycles. The summed E-state index contributed by atoms with van der Waals surface area (Å²) in [5, 5.41) is 5.45. The molecule has 1 aliphatic heterocycles. The summed E-state index contributed by atoms with van der Waals surface area (Å²) in [4.78, 5) is 38.5. The minimum atomic E-state index is -0.706. The topological polar surface area (TPSA) is 87.7 Å². The summed E-state index contributed by atoms with van der Waals surface area (Å²) in [6.07, 6.45) is 0.325. The number of hydrogen-bond acceptors (Lipinski definition) is 4.